The Kier molecular flexibility index (Phi) is 2.59. The Hall–Kier alpha value is -0.830. The molecule has 76 valence electrons. The van der Waals surface area contributed by atoms with Crippen LogP contribution in [0.5, 0.6) is 0 Å². The third-order valence-corrected chi connectivity index (χ3v) is 3.47. The lowest BCUT2D eigenvalue weighted by molar-refractivity contribution is -0.122. The molecule has 2 atom stereocenters. The molecule has 1 aliphatic carbocycles. The van der Waals surface area contributed by atoms with E-state index in [0.717, 1.165) is 6.42 Å². The van der Waals surface area contributed by atoms with Crippen molar-refractivity contribution in [2.45, 2.75) is 32.2 Å². The maximum absolute atomic E-state index is 11.6. The molecule has 1 heterocycles. The van der Waals surface area contributed by atoms with Crippen molar-refractivity contribution >= 4 is 17.2 Å². The standard InChI is InChI=1S/C11H15NOS/c1-7(2)12-11(13)9-6-8(9)10-4-3-5-14-10/h3-5,7-9H,6H2,1-2H3,(H,12,13). The Morgan fingerprint density at radius 1 is 1.64 bits per heavy atom. The first kappa shape index (κ1) is 9.71. The Labute approximate surface area is 88.3 Å². The molecular formula is C11H15NOS. The average molecular weight is 209 g/mol. The zero-order chi connectivity index (χ0) is 10.1. The Balaban J connectivity index is 1.90. The predicted octanol–water partition coefficient (Wildman–Crippen LogP) is 2.38. The van der Waals surface area contributed by atoms with Crippen molar-refractivity contribution in [3.63, 3.8) is 0 Å². The summed E-state index contributed by atoms with van der Waals surface area (Å²) >= 11 is 1.75. The van der Waals surface area contributed by atoms with Gasteiger partial charge in [0.1, 0.15) is 0 Å². The molecule has 1 aromatic rings. The van der Waals surface area contributed by atoms with Crippen molar-refractivity contribution in [3.8, 4) is 0 Å². The van der Waals surface area contributed by atoms with Crippen LogP contribution in [-0.2, 0) is 4.79 Å². The summed E-state index contributed by atoms with van der Waals surface area (Å²) in [4.78, 5) is 13.0. The lowest BCUT2D eigenvalue weighted by Gasteiger charge is -2.07. The molecule has 1 aromatic heterocycles. The number of amides is 1. The molecule has 0 radical (unpaired) electrons. The highest BCUT2D eigenvalue weighted by atomic mass is 32.1. The minimum absolute atomic E-state index is 0.221. The van der Waals surface area contributed by atoms with Crippen molar-refractivity contribution in [2.75, 3.05) is 0 Å². The van der Waals surface area contributed by atoms with Crippen LogP contribution in [0.25, 0.3) is 0 Å². The molecule has 2 rings (SSSR count). The van der Waals surface area contributed by atoms with E-state index in [1.165, 1.54) is 4.88 Å². The SMILES string of the molecule is CC(C)NC(=O)C1CC1c1cccs1. The highest BCUT2D eigenvalue weighted by Gasteiger charge is 2.44. The van der Waals surface area contributed by atoms with Crippen LogP contribution in [0, 0.1) is 5.92 Å². The van der Waals surface area contributed by atoms with E-state index in [4.69, 9.17) is 0 Å². The molecule has 2 unspecified atom stereocenters. The summed E-state index contributed by atoms with van der Waals surface area (Å²) < 4.78 is 0. The average Bonchev–Trinajstić information content (AvgIpc) is 2.73. The number of carbonyl (C=O) groups excluding carboxylic acids is 1. The molecule has 1 fully saturated rings. The zero-order valence-corrected chi connectivity index (χ0v) is 9.30. The Bertz CT molecular complexity index is 318. The molecule has 0 aromatic carbocycles. The summed E-state index contributed by atoms with van der Waals surface area (Å²) in [5.41, 5.74) is 0. The van der Waals surface area contributed by atoms with Crippen LogP contribution < -0.4 is 5.32 Å². The fourth-order valence-electron chi connectivity index (χ4n) is 1.69. The molecule has 1 amide bonds. The van der Waals surface area contributed by atoms with E-state index in [0.29, 0.717) is 5.92 Å². The third-order valence-electron chi connectivity index (χ3n) is 2.47. The molecular weight excluding hydrogens is 194 g/mol. The maximum atomic E-state index is 11.6. The summed E-state index contributed by atoms with van der Waals surface area (Å²) in [5.74, 6) is 0.947. The fraction of sp³-hybridized carbons (Fsp3) is 0.545. The van der Waals surface area contributed by atoms with Gasteiger partial charge in [0.15, 0.2) is 0 Å². The van der Waals surface area contributed by atoms with Crippen molar-refractivity contribution < 1.29 is 4.79 Å². The second-order valence-corrected chi connectivity index (χ2v) is 5.11. The van der Waals surface area contributed by atoms with Gasteiger partial charge >= 0.3 is 0 Å². The lowest BCUT2D eigenvalue weighted by Crippen LogP contribution is -2.31. The van der Waals surface area contributed by atoms with Gasteiger partial charge in [-0.25, -0.2) is 0 Å². The minimum Gasteiger partial charge on any atom is -0.354 e. The maximum Gasteiger partial charge on any atom is 0.223 e. The normalized spacial score (nSPS) is 25.1. The first-order valence-corrected chi connectivity index (χ1v) is 5.90. The molecule has 2 nitrogen and oxygen atoms in total. The topological polar surface area (TPSA) is 29.1 Å². The molecule has 1 N–H and O–H groups in total. The molecule has 1 saturated carbocycles. The quantitative estimate of drug-likeness (QED) is 0.813. The van der Waals surface area contributed by atoms with E-state index in [1.807, 2.05) is 13.8 Å². The summed E-state index contributed by atoms with van der Waals surface area (Å²) in [5, 5.41) is 5.04. The van der Waals surface area contributed by atoms with E-state index >= 15 is 0 Å². The lowest BCUT2D eigenvalue weighted by atomic mass is 10.2. The minimum atomic E-state index is 0.221. The monoisotopic (exact) mass is 209 g/mol. The van der Waals surface area contributed by atoms with E-state index in [2.05, 4.69) is 22.8 Å². The summed E-state index contributed by atoms with van der Waals surface area (Å²) in [6.45, 7) is 4.00. The molecule has 1 aliphatic rings. The van der Waals surface area contributed by atoms with Crippen molar-refractivity contribution in [1.82, 2.24) is 5.32 Å². The number of thiophene rings is 1. The van der Waals surface area contributed by atoms with Gasteiger partial charge in [0.05, 0.1) is 0 Å². The van der Waals surface area contributed by atoms with E-state index in [9.17, 15) is 4.79 Å². The summed E-state index contributed by atoms with van der Waals surface area (Å²) in [7, 11) is 0. The molecule has 3 heteroatoms. The van der Waals surface area contributed by atoms with Crippen molar-refractivity contribution in [3.05, 3.63) is 22.4 Å². The second kappa shape index (κ2) is 3.73. The van der Waals surface area contributed by atoms with Gasteiger partial charge in [0.2, 0.25) is 5.91 Å². The van der Waals surface area contributed by atoms with Gasteiger partial charge in [-0.1, -0.05) is 6.07 Å². The fourth-order valence-corrected chi connectivity index (χ4v) is 2.60. The molecule has 14 heavy (non-hydrogen) atoms. The van der Waals surface area contributed by atoms with Crippen LogP contribution in [0.3, 0.4) is 0 Å². The number of hydrogen-bond donors (Lipinski definition) is 1. The van der Waals surface area contributed by atoms with Gasteiger partial charge in [-0.2, -0.15) is 0 Å². The van der Waals surface area contributed by atoms with Crippen LogP contribution in [0.2, 0.25) is 0 Å². The Morgan fingerprint density at radius 2 is 2.43 bits per heavy atom. The van der Waals surface area contributed by atoms with Gasteiger partial charge in [-0.05, 0) is 31.7 Å². The number of rotatable bonds is 3. The van der Waals surface area contributed by atoms with Crippen molar-refractivity contribution in [1.29, 1.82) is 0 Å². The van der Waals surface area contributed by atoms with Crippen LogP contribution in [0.4, 0.5) is 0 Å². The van der Waals surface area contributed by atoms with Gasteiger partial charge in [-0.3, -0.25) is 4.79 Å². The number of carbonyl (C=O) groups is 1. The van der Waals surface area contributed by atoms with E-state index < -0.39 is 0 Å². The molecule has 0 saturated heterocycles. The largest absolute Gasteiger partial charge is 0.354 e. The highest BCUT2D eigenvalue weighted by molar-refractivity contribution is 7.10. The number of nitrogens with one attached hydrogen (secondary N) is 1. The van der Waals surface area contributed by atoms with Gasteiger partial charge in [0, 0.05) is 22.8 Å². The van der Waals surface area contributed by atoms with Gasteiger partial charge < -0.3 is 5.32 Å². The predicted molar refractivity (Wildman–Crippen MR) is 58.4 cm³/mol. The van der Waals surface area contributed by atoms with E-state index in [-0.39, 0.29) is 17.9 Å². The third kappa shape index (κ3) is 1.98. The van der Waals surface area contributed by atoms with Crippen molar-refractivity contribution in [2.24, 2.45) is 5.92 Å². The summed E-state index contributed by atoms with van der Waals surface area (Å²) in [6.07, 6.45) is 1.03. The first-order chi connectivity index (χ1) is 6.68. The first-order valence-electron chi connectivity index (χ1n) is 5.02. The smallest absolute Gasteiger partial charge is 0.223 e. The summed E-state index contributed by atoms with van der Waals surface area (Å²) in [6, 6.07) is 4.43. The zero-order valence-electron chi connectivity index (χ0n) is 8.49. The van der Waals surface area contributed by atoms with Crippen LogP contribution in [0.15, 0.2) is 17.5 Å². The van der Waals surface area contributed by atoms with Crippen LogP contribution in [0.1, 0.15) is 31.1 Å². The Morgan fingerprint density at radius 3 is 3.00 bits per heavy atom. The molecule has 0 bridgehead atoms. The van der Waals surface area contributed by atoms with Gasteiger partial charge in [0.25, 0.3) is 0 Å². The van der Waals surface area contributed by atoms with Crippen LogP contribution in [-0.4, -0.2) is 11.9 Å². The van der Waals surface area contributed by atoms with Gasteiger partial charge in [-0.15, -0.1) is 11.3 Å². The molecule has 0 spiro atoms. The molecule has 0 aliphatic heterocycles. The number of hydrogen-bond acceptors (Lipinski definition) is 2. The highest BCUT2D eigenvalue weighted by Crippen LogP contribution is 2.49. The van der Waals surface area contributed by atoms with E-state index in [1.54, 1.807) is 11.3 Å². The van der Waals surface area contributed by atoms with Crippen LogP contribution >= 0.6 is 11.3 Å². The second-order valence-electron chi connectivity index (χ2n) is 4.13.